The first-order valence-corrected chi connectivity index (χ1v) is 6.83. The predicted octanol–water partition coefficient (Wildman–Crippen LogP) is 2.01. The van der Waals surface area contributed by atoms with Crippen molar-refractivity contribution >= 4 is 35.0 Å². The van der Waals surface area contributed by atoms with Gasteiger partial charge in [0.25, 0.3) is 5.91 Å². The second-order valence-corrected chi connectivity index (χ2v) is 4.89. The molecule has 2 amide bonds. The quantitative estimate of drug-likeness (QED) is 0.756. The number of carbonyl (C=O) groups excluding carboxylic acids is 2. The highest BCUT2D eigenvalue weighted by Crippen LogP contribution is 2.27. The number of benzene rings is 1. The number of carbonyl (C=O) groups is 2. The smallest absolute Gasteiger partial charge is 0.257 e. The van der Waals surface area contributed by atoms with Gasteiger partial charge in [0.1, 0.15) is 5.75 Å². The molecule has 0 heterocycles. The zero-order valence-corrected chi connectivity index (χ0v) is 12.6. The molecular formula is C13H16Cl2N2O3. The number of hydrogen-bond acceptors (Lipinski definition) is 3. The maximum atomic E-state index is 11.5. The predicted molar refractivity (Wildman–Crippen MR) is 78.3 cm³/mol. The average Bonchev–Trinajstić information content (AvgIpc) is 2.39. The van der Waals surface area contributed by atoms with E-state index < -0.39 is 0 Å². The summed E-state index contributed by atoms with van der Waals surface area (Å²) in [7, 11) is 0. The molecule has 0 aliphatic carbocycles. The molecule has 0 bridgehead atoms. The highest BCUT2D eigenvalue weighted by molar-refractivity contribution is 6.34. The van der Waals surface area contributed by atoms with Gasteiger partial charge < -0.3 is 15.4 Å². The number of halogens is 2. The van der Waals surface area contributed by atoms with Gasteiger partial charge in [0.2, 0.25) is 5.91 Å². The van der Waals surface area contributed by atoms with Crippen molar-refractivity contribution in [3.05, 3.63) is 28.2 Å². The molecule has 0 aromatic heterocycles. The summed E-state index contributed by atoms with van der Waals surface area (Å²) in [5, 5.41) is 6.19. The first-order chi connectivity index (χ1) is 9.49. The second-order valence-electron chi connectivity index (χ2n) is 4.05. The molecule has 0 radical (unpaired) electrons. The molecule has 0 saturated carbocycles. The molecule has 1 aromatic carbocycles. The fraction of sp³-hybridized carbons (Fsp3) is 0.385. The van der Waals surface area contributed by atoms with E-state index in [4.69, 9.17) is 27.9 Å². The molecule has 0 aliphatic rings. The summed E-state index contributed by atoms with van der Waals surface area (Å²) >= 11 is 11.7. The van der Waals surface area contributed by atoms with Gasteiger partial charge in [-0.1, -0.05) is 23.2 Å². The zero-order valence-electron chi connectivity index (χ0n) is 11.0. The van der Waals surface area contributed by atoms with Gasteiger partial charge in [0.15, 0.2) is 6.61 Å². The van der Waals surface area contributed by atoms with Crippen molar-refractivity contribution < 1.29 is 14.3 Å². The lowest BCUT2D eigenvalue weighted by molar-refractivity contribution is -0.123. The van der Waals surface area contributed by atoms with Gasteiger partial charge >= 0.3 is 0 Å². The van der Waals surface area contributed by atoms with Crippen LogP contribution in [-0.2, 0) is 9.59 Å². The summed E-state index contributed by atoms with van der Waals surface area (Å²) in [6.45, 7) is 2.30. The lowest BCUT2D eigenvalue weighted by atomic mass is 10.3. The van der Waals surface area contributed by atoms with E-state index in [1.165, 1.54) is 6.92 Å². The van der Waals surface area contributed by atoms with Gasteiger partial charge in [-0.25, -0.2) is 0 Å². The number of ether oxygens (including phenoxy) is 1. The molecule has 0 spiro atoms. The number of amides is 2. The van der Waals surface area contributed by atoms with Crippen LogP contribution in [0.2, 0.25) is 10.0 Å². The van der Waals surface area contributed by atoms with Crippen molar-refractivity contribution in [2.75, 3.05) is 19.7 Å². The van der Waals surface area contributed by atoms with Crippen LogP contribution in [0.25, 0.3) is 0 Å². The average molecular weight is 319 g/mol. The Balaban J connectivity index is 2.23. The van der Waals surface area contributed by atoms with Gasteiger partial charge in [0, 0.05) is 31.1 Å². The fourth-order valence-electron chi connectivity index (χ4n) is 1.36. The van der Waals surface area contributed by atoms with Crippen molar-refractivity contribution in [2.45, 2.75) is 13.3 Å². The second kappa shape index (κ2) is 8.66. The molecule has 0 aliphatic heterocycles. The molecule has 110 valence electrons. The van der Waals surface area contributed by atoms with Crippen LogP contribution < -0.4 is 15.4 Å². The van der Waals surface area contributed by atoms with E-state index >= 15 is 0 Å². The van der Waals surface area contributed by atoms with E-state index in [0.29, 0.717) is 35.3 Å². The van der Waals surface area contributed by atoms with E-state index in [2.05, 4.69) is 10.6 Å². The summed E-state index contributed by atoms with van der Waals surface area (Å²) < 4.78 is 5.28. The Morgan fingerprint density at radius 2 is 1.90 bits per heavy atom. The normalized spacial score (nSPS) is 9.95. The van der Waals surface area contributed by atoms with Gasteiger partial charge in [-0.3, -0.25) is 9.59 Å². The highest BCUT2D eigenvalue weighted by Gasteiger charge is 2.06. The van der Waals surface area contributed by atoms with Crippen LogP contribution in [0.4, 0.5) is 0 Å². The molecule has 7 heteroatoms. The molecule has 0 atom stereocenters. The number of hydrogen-bond donors (Lipinski definition) is 2. The van der Waals surface area contributed by atoms with Crippen LogP contribution in [0.15, 0.2) is 18.2 Å². The molecular weight excluding hydrogens is 303 g/mol. The summed E-state index contributed by atoms with van der Waals surface area (Å²) in [6.07, 6.45) is 0.656. The third-order valence-electron chi connectivity index (χ3n) is 2.30. The molecule has 1 rings (SSSR count). The third-order valence-corrected chi connectivity index (χ3v) is 2.85. The van der Waals surface area contributed by atoms with Gasteiger partial charge in [-0.05, 0) is 18.6 Å². The van der Waals surface area contributed by atoms with Crippen molar-refractivity contribution in [3.63, 3.8) is 0 Å². The minimum atomic E-state index is -0.260. The summed E-state index contributed by atoms with van der Waals surface area (Å²) in [5.41, 5.74) is 0. The van der Waals surface area contributed by atoms with Crippen LogP contribution in [0.5, 0.6) is 5.75 Å². The Hall–Kier alpha value is -1.46. The first kappa shape index (κ1) is 16.6. The Morgan fingerprint density at radius 3 is 2.60 bits per heavy atom. The lowest BCUT2D eigenvalue weighted by Gasteiger charge is -2.09. The third kappa shape index (κ3) is 6.63. The monoisotopic (exact) mass is 318 g/mol. The van der Waals surface area contributed by atoms with E-state index in [0.717, 1.165) is 0 Å². The zero-order chi connectivity index (χ0) is 15.0. The molecule has 0 saturated heterocycles. The topological polar surface area (TPSA) is 67.4 Å². The van der Waals surface area contributed by atoms with Crippen LogP contribution in [0.3, 0.4) is 0 Å². The Bertz CT molecular complexity index is 481. The molecule has 2 N–H and O–H groups in total. The summed E-state index contributed by atoms with van der Waals surface area (Å²) in [6, 6.07) is 4.79. The fourth-order valence-corrected chi connectivity index (χ4v) is 1.70. The lowest BCUT2D eigenvalue weighted by Crippen LogP contribution is -2.32. The minimum Gasteiger partial charge on any atom is -0.482 e. The van der Waals surface area contributed by atoms with Crippen LogP contribution in [0.1, 0.15) is 13.3 Å². The van der Waals surface area contributed by atoms with Crippen molar-refractivity contribution in [3.8, 4) is 5.75 Å². The molecule has 1 aromatic rings. The van der Waals surface area contributed by atoms with Gasteiger partial charge in [-0.15, -0.1) is 0 Å². The van der Waals surface area contributed by atoms with Crippen LogP contribution >= 0.6 is 23.2 Å². The van der Waals surface area contributed by atoms with Crippen molar-refractivity contribution in [1.82, 2.24) is 10.6 Å². The summed E-state index contributed by atoms with van der Waals surface area (Å²) in [4.78, 5) is 22.1. The molecule has 0 unspecified atom stereocenters. The van der Waals surface area contributed by atoms with Gasteiger partial charge in [-0.2, -0.15) is 0 Å². The Morgan fingerprint density at radius 1 is 1.20 bits per heavy atom. The SMILES string of the molecule is CC(=O)NCCCNC(=O)COc1cc(Cl)ccc1Cl. The maximum absolute atomic E-state index is 11.5. The van der Waals surface area contributed by atoms with Crippen molar-refractivity contribution in [1.29, 1.82) is 0 Å². The molecule has 5 nitrogen and oxygen atoms in total. The Kier molecular flexibility index (Phi) is 7.18. The number of nitrogens with one attached hydrogen (secondary N) is 2. The minimum absolute atomic E-state index is 0.0877. The van der Waals surface area contributed by atoms with Gasteiger partial charge in [0.05, 0.1) is 5.02 Å². The van der Waals surface area contributed by atoms with Crippen LogP contribution in [0, 0.1) is 0 Å². The van der Waals surface area contributed by atoms with Crippen LogP contribution in [-0.4, -0.2) is 31.5 Å². The molecule has 0 fully saturated rings. The maximum Gasteiger partial charge on any atom is 0.257 e. The van der Waals surface area contributed by atoms with E-state index in [-0.39, 0.29) is 18.4 Å². The standard InChI is InChI=1S/C13H16Cl2N2O3/c1-9(18)16-5-2-6-17-13(19)8-20-12-7-10(14)3-4-11(12)15/h3-4,7H,2,5-6,8H2,1H3,(H,16,18)(H,17,19). The highest BCUT2D eigenvalue weighted by atomic mass is 35.5. The van der Waals surface area contributed by atoms with E-state index in [1.807, 2.05) is 0 Å². The summed E-state index contributed by atoms with van der Waals surface area (Å²) in [5.74, 6) is 0.0201. The Labute approximate surface area is 127 Å². The number of rotatable bonds is 7. The van der Waals surface area contributed by atoms with E-state index in [9.17, 15) is 9.59 Å². The van der Waals surface area contributed by atoms with Crippen molar-refractivity contribution in [2.24, 2.45) is 0 Å². The van der Waals surface area contributed by atoms with E-state index in [1.54, 1.807) is 18.2 Å². The largest absolute Gasteiger partial charge is 0.482 e. The molecule has 20 heavy (non-hydrogen) atoms. The first-order valence-electron chi connectivity index (χ1n) is 6.08.